The maximum absolute atomic E-state index is 12.1. The summed E-state index contributed by atoms with van der Waals surface area (Å²) >= 11 is 3.22. The maximum Gasteiger partial charge on any atom is 0.311 e. The molecule has 1 fully saturated rings. The van der Waals surface area contributed by atoms with E-state index in [4.69, 9.17) is 4.74 Å². The van der Waals surface area contributed by atoms with Gasteiger partial charge in [-0.15, -0.1) is 0 Å². The highest BCUT2D eigenvalue weighted by Crippen LogP contribution is 2.41. The molecule has 118 valence electrons. The van der Waals surface area contributed by atoms with Crippen LogP contribution in [0.25, 0.3) is 0 Å². The number of nitrogens with zero attached hydrogens (tertiary/aromatic N) is 2. The van der Waals surface area contributed by atoms with Gasteiger partial charge in [-0.2, -0.15) is 0 Å². The number of nitro groups is 1. The van der Waals surface area contributed by atoms with E-state index in [-0.39, 0.29) is 30.2 Å². The van der Waals surface area contributed by atoms with Gasteiger partial charge < -0.3 is 14.4 Å². The average molecular weight is 373 g/mol. The number of benzene rings is 1. The molecule has 1 amide bonds. The van der Waals surface area contributed by atoms with Gasteiger partial charge in [0.05, 0.1) is 35.6 Å². The lowest BCUT2D eigenvalue weighted by atomic mass is 10.1. The molecule has 0 bridgehead atoms. The molecule has 2 rings (SSSR count). The van der Waals surface area contributed by atoms with E-state index in [9.17, 15) is 19.7 Å². The van der Waals surface area contributed by atoms with Crippen LogP contribution in [0.5, 0.6) is 5.75 Å². The van der Waals surface area contributed by atoms with E-state index >= 15 is 0 Å². The van der Waals surface area contributed by atoms with Crippen molar-refractivity contribution in [3.05, 3.63) is 26.7 Å². The van der Waals surface area contributed by atoms with E-state index in [0.29, 0.717) is 10.2 Å². The summed E-state index contributed by atoms with van der Waals surface area (Å²) < 4.78 is 9.97. The lowest BCUT2D eigenvalue weighted by Crippen LogP contribution is -2.27. The largest absolute Gasteiger partial charge is 0.496 e. The Labute approximate surface area is 134 Å². The third kappa shape index (κ3) is 2.89. The van der Waals surface area contributed by atoms with Gasteiger partial charge in [-0.1, -0.05) is 0 Å². The summed E-state index contributed by atoms with van der Waals surface area (Å²) in [6, 6.07) is 2.76. The van der Waals surface area contributed by atoms with Crippen molar-refractivity contribution < 1.29 is 24.0 Å². The number of halogens is 1. The molecule has 1 heterocycles. The third-order valence-electron chi connectivity index (χ3n) is 3.38. The van der Waals surface area contributed by atoms with Crippen molar-refractivity contribution >= 4 is 39.2 Å². The van der Waals surface area contributed by atoms with Gasteiger partial charge in [-0.3, -0.25) is 19.7 Å². The van der Waals surface area contributed by atoms with Gasteiger partial charge >= 0.3 is 5.97 Å². The fraction of sp³-hybridized carbons (Fsp3) is 0.385. The Kier molecular flexibility index (Phi) is 4.65. The van der Waals surface area contributed by atoms with Gasteiger partial charge in [0.1, 0.15) is 11.4 Å². The number of hydrogen-bond acceptors (Lipinski definition) is 6. The van der Waals surface area contributed by atoms with Gasteiger partial charge in [0.15, 0.2) is 0 Å². The highest BCUT2D eigenvalue weighted by molar-refractivity contribution is 9.10. The van der Waals surface area contributed by atoms with E-state index in [2.05, 4.69) is 20.7 Å². The van der Waals surface area contributed by atoms with Crippen LogP contribution in [0.4, 0.5) is 11.4 Å². The van der Waals surface area contributed by atoms with Gasteiger partial charge in [-0.25, -0.2) is 0 Å². The second-order valence-electron chi connectivity index (χ2n) is 4.66. The first-order valence-electron chi connectivity index (χ1n) is 6.29. The number of carbonyl (C=O) groups is 2. The zero-order chi connectivity index (χ0) is 16.4. The summed E-state index contributed by atoms with van der Waals surface area (Å²) in [6.45, 7) is 0.0390. The molecule has 0 saturated carbocycles. The van der Waals surface area contributed by atoms with Crippen LogP contribution in [0.1, 0.15) is 6.42 Å². The minimum atomic E-state index is -0.633. The number of anilines is 1. The Morgan fingerprint density at radius 1 is 1.45 bits per heavy atom. The molecule has 1 aromatic rings. The van der Waals surface area contributed by atoms with Crippen molar-refractivity contribution in [2.75, 3.05) is 25.7 Å². The quantitative estimate of drug-likeness (QED) is 0.454. The third-order valence-corrected chi connectivity index (χ3v) is 3.98. The summed E-state index contributed by atoms with van der Waals surface area (Å²) in [5, 5.41) is 11.3. The van der Waals surface area contributed by atoms with E-state index in [1.165, 1.54) is 31.3 Å². The normalized spacial score (nSPS) is 17.5. The predicted octanol–water partition coefficient (Wildman–Crippen LogP) is 1.89. The molecule has 0 aliphatic carbocycles. The Morgan fingerprint density at radius 2 is 2.14 bits per heavy atom. The number of nitro benzene ring substituents is 1. The average Bonchev–Trinajstić information content (AvgIpc) is 2.87. The number of ether oxygens (including phenoxy) is 2. The smallest absolute Gasteiger partial charge is 0.311 e. The van der Waals surface area contributed by atoms with Crippen molar-refractivity contribution in [3.63, 3.8) is 0 Å². The first-order valence-corrected chi connectivity index (χ1v) is 7.08. The molecule has 22 heavy (non-hydrogen) atoms. The summed E-state index contributed by atoms with van der Waals surface area (Å²) in [5.74, 6) is -1.22. The van der Waals surface area contributed by atoms with Crippen molar-refractivity contribution in [1.82, 2.24) is 0 Å². The minimum Gasteiger partial charge on any atom is -0.496 e. The standard InChI is InChI=1S/C13H13BrN2O6/c1-21-8-4-9(14)12(10(5-8)16(19)20)15-6-7(3-11(15)17)13(18)22-2/h4-5,7H,3,6H2,1-2H3. The van der Waals surface area contributed by atoms with E-state index in [0.717, 1.165) is 0 Å². The molecule has 0 N–H and O–H groups in total. The van der Waals surface area contributed by atoms with Crippen LogP contribution in [0.15, 0.2) is 16.6 Å². The number of esters is 1. The molecule has 1 atom stereocenters. The molecule has 0 spiro atoms. The summed E-state index contributed by atoms with van der Waals surface area (Å²) in [4.78, 5) is 35.6. The molecule has 0 radical (unpaired) electrons. The van der Waals surface area contributed by atoms with Gasteiger partial charge in [0, 0.05) is 13.0 Å². The fourth-order valence-corrected chi connectivity index (χ4v) is 2.98. The Morgan fingerprint density at radius 3 is 2.68 bits per heavy atom. The summed E-state index contributed by atoms with van der Waals surface area (Å²) in [5.41, 5.74) is -0.160. The van der Waals surface area contributed by atoms with Crippen LogP contribution in [-0.2, 0) is 14.3 Å². The van der Waals surface area contributed by atoms with E-state index < -0.39 is 16.8 Å². The topological polar surface area (TPSA) is 99.0 Å². The summed E-state index contributed by atoms with van der Waals surface area (Å²) in [6.07, 6.45) is -0.0394. The van der Waals surface area contributed by atoms with Crippen LogP contribution in [0.3, 0.4) is 0 Å². The van der Waals surface area contributed by atoms with Crippen molar-refractivity contribution in [2.45, 2.75) is 6.42 Å². The van der Waals surface area contributed by atoms with E-state index in [1.807, 2.05) is 0 Å². The second-order valence-corrected chi connectivity index (χ2v) is 5.52. The number of carbonyl (C=O) groups excluding carboxylic acids is 2. The monoisotopic (exact) mass is 372 g/mol. The van der Waals surface area contributed by atoms with E-state index in [1.54, 1.807) is 0 Å². The molecule has 0 aromatic heterocycles. The lowest BCUT2D eigenvalue weighted by molar-refractivity contribution is -0.384. The zero-order valence-electron chi connectivity index (χ0n) is 11.9. The van der Waals surface area contributed by atoms with Crippen molar-refractivity contribution in [3.8, 4) is 5.75 Å². The molecular formula is C13H13BrN2O6. The van der Waals surface area contributed by atoms with Crippen molar-refractivity contribution in [1.29, 1.82) is 0 Å². The SMILES string of the molecule is COC(=O)C1CC(=O)N(c2c(Br)cc(OC)cc2[N+](=O)[O-])C1. The number of rotatable bonds is 4. The molecule has 8 nitrogen and oxygen atoms in total. The maximum atomic E-state index is 12.1. The molecule has 1 unspecified atom stereocenters. The van der Waals surface area contributed by atoms with Crippen LogP contribution in [0.2, 0.25) is 0 Å². The first-order chi connectivity index (χ1) is 10.4. The van der Waals surface area contributed by atoms with Crippen molar-refractivity contribution in [2.24, 2.45) is 5.92 Å². The molecule has 1 saturated heterocycles. The molecule has 1 aromatic carbocycles. The molecule has 1 aliphatic rings. The van der Waals surface area contributed by atoms with Crippen LogP contribution in [0, 0.1) is 16.0 Å². The number of amides is 1. The van der Waals surface area contributed by atoms with Gasteiger partial charge in [-0.05, 0) is 22.0 Å². The highest BCUT2D eigenvalue weighted by Gasteiger charge is 2.39. The van der Waals surface area contributed by atoms with Gasteiger partial charge in [0.25, 0.3) is 5.69 Å². The Hall–Kier alpha value is -2.16. The fourth-order valence-electron chi connectivity index (χ4n) is 2.33. The number of methoxy groups -OCH3 is 2. The second kappa shape index (κ2) is 6.30. The molecule has 1 aliphatic heterocycles. The summed E-state index contributed by atoms with van der Waals surface area (Å²) in [7, 11) is 2.63. The molecule has 9 heteroatoms. The van der Waals surface area contributed by atoms with Crippen LogP contribution >= 0.6 is 15.9 Å². The Bertz CT molecular complexity index is 648. The van der Waals surface area contributed by atoms with Gasteiger partial charge in [0.2, 0.25) is 5.91 Å². The zero-order valence-corrected chi connectivity index (χ0v) is 13.5. The molecular weight excluding hydrogens is 360 g/mol. The highest BCUT2D eigenvalue weighted by atomic mass is 79.9. The predicted molar refractivity (Wildman–Crippen MR) is 79.8 cm³/mol. The Balaban J connectivity index is 2.46. The van der Waals surface area contributed by atoms with Crippen LogP contribution in [-0.4, -0.2) is 37.6 Å². The number of hydrogen-bond donors (Lipinski definition) is 0. The first kappa shape index (κ1) is 16.2. The van der Waals surface area contributed by atoms with Crippen LogP contribution < -0.4 is 9.64 Å². The lowest BCUT2D eigenvalue weighted by Gasteiger charge is -2.18. The minimum absolute atomic E-state index is 0.0390.